The van der Waals surface area contributed by atoms with Crippen LogP contribution in [0.25, 0.3) is 10.8 Å². The number of hydrogen-bond acceptors (Lipinski definition) is 3. The van der Waals surface area contributed by atoms with E-state index in [0.29, 0.717) is 24.8 Å². The minimum absolute atomic E-state index is 0.0895. The first-order valence-corrected chi connectivity index (χ1v) is 14.4. The van der Waals surface area contributed by atoms with Crippen LogP contribution in [0, 0.1) is 0 Å². The van der Waals surface area contributed by atoms with Crippen LogP contribution in [0.1, 0.15) is 53.6 Å². The van der Waals surface area contributed by atoms with Crippen LogP contribution in [0.15, 0.2) is 103 Å². The molecule has 1 saturated carbocycles. The molecule has 0 saturated heterocycles. The maximum Gasteiger partial charge on any atom is 0.252 e. The van der Waals surface area contributed by atoms with E-state index in [0.717, 1.165) is 41.2 Å². The zero-order valence-electron chi connectivity index (χ0n) is 23.5. The molecular weight excluding hydrogens is 510 g/mol. The van der Waals surface area contributed by atoms with Crippen molar-refractivity contribution in [1.82, 2.24) is 15.5 Å². The molecule has 0 aromatic heterocycles. The molecule has 6 heteroatoms. The van der Waals surface area contributed by atoms with Crippen LogP contribution in [0.2, 0.25) is 0 Å². The van der Waals surface area contributed by atoms with Gasteiger partial charge in [0.05, 0.1) is 6.42 Å². The van der Waals surface area contributed by atoms with Gasteiger partial charge >= 0.3 is 0 Å². The molecule has 0 aliphatic heterocycles. The molecule has 6 nitrogen and oxygen atoms in total. The van der Waals surface area contributed by atoms with Crippen molar-refractivity contribution in [2.24, 2.45) is 0 Å². The van der Waals surface area contributed by atoms with Gasteiger partial charge in [-0.3, -0.25) is 14.4 Å². The summed E-state index contributed by atoms with van der Waals surface area (Å²) in [4.78, 5) is 42.4. The standard InChI is InChI=1S/C35H37N3O3/c1-38(32(39)25-26-13-5-2-6-14-26)31(24-27-19-20-28-15-9-10-18-30(28)23-27)36-34(41)35(21-11-4-12-22-35)37-33(40)29-16-7-3-8-17-29/h2-3,5-10,13-20,23,31H,4,11-12,21-22,24-25H2,1H3,(H,36,41)(H,37,40). The highest BCUT2D eigenvalue weighted by Crippen LogP contribution is 2.29. The zero-order valence-corrected chi connectivity index (χ0v) is 23.5. The van der Waals surface area contributed by atoms with Crippen LogP contribution in [0.3, 0.4) is 0 Å². The first-order valence-electron chi connectivity index (χ1n) is 14.4. The van der Waals surface area contributed by atoms with E-state index >= 15 is 0 Å². The quantitative estimate of drug-likeness (QED) is 0.266. The molecule has 0 heterocycles. The predicted octanol–water partition coefficient (Wildman–Crippen LogP) is 5.66. The summed E-state index contributed by atoms with van der Waals surface area (Å²) < 4.78 is 0. The zero-order chi connectivity index (χ0) is 28.7. The van der Waals surface area contributed by atoms with E-state index in [9.17, 15) is 14.4 Å². The van der Waals surface area contributed by atoms with Gasteiger partial charge in [-0.15, -0.1) is 0 Å². The molecular formula is C35H37N3O3. The third-order valence-corrected chi connectivity index (χ3v) is 8.13. The number of nitrogens with one attached hydrogen (secondary N) is 2. The van der Waals surface area contributed by atoms with E-state index in [4.69, 9.17) is 0 Å². The Morgan fingerprint density at radius 2 is 1.39 bits per heavy atom. The van der Waals surface area contributed by atoms with Crippen LogP contribution in [-0.2, 0) is 22.4 Å². The Labute approximate surface area is 241 Å². The fraction of sp³-hybridized carbons (Fsp3) is 0.286. The van der Waals surface area contributed by atoms with Gasteiger partial charge in [0.25, 0.3) is 5.91 Å². The molecule has 1 atom stereocenters. The molecule has 41 heavy (non-hydrogen) atoms. The number of amides is 3. The number of carbonyl (C=O) groups is 3. The molecule has 1 aliphatic carbocycles. The van der Waals surface area contributed by atoms with Gasteiger partial charge in [-0.05, 0) is 46.9 Å². The molecule has 0 bridgehead atoms. The van der Waals surface area contributed by atoms with Crippen molar-refractivity contribution in [2.45, 2.75) is 56.7 Å². The lowest BCUT2D eigenvalue weighted by Crippen LogP contribution is -2.63. The lowest BCUT2D eigenvalue weighted by atomic mass is 9.80. The Kier molecular flexibility index (Phi) is 8.78. The smallest absolute Gasteiger partial charge is 0.252 e. The van der Waals surface area contributed by atoms with Gasteiger partial charge < -0.3 is 15.5 Å². The molecule has 0 radical (unpaired) electrons. The molecule has 4 aromatic rings. The van der Waals surface area contributed by atoms with Crippen molar-refractivity contribution in [3.8, 4) is 0 Å². The molecule has 1 fully saturated rings. The summed E-state index contributed by atoms with van der Waals surface area (Å²) >= 11 is 0. The molecule has 2 N–H and O–H groups in total. The van der Waals surface area contributed by atoms with Crippen LogP contribution < -0.4 is 10.6 Å². The van der Waals surface area contributed by atoms with Crippen LogP contribution in [0.4, 0.5) is 0 Å². The van der Waals surface area contributed by atoms with E-state index in [-0.39, 0.29) is 24.1 Å². The Morgan fingerprint density at radius 1 is 0.756 bits per heavy atom. The van der Waals surface area contributed by atoms with Gasteiger partial charge in [-0.2, -0.15) is 0 Å². The topological polar surface area (TPSA) is 78.5 Å². The van der Waals surface area contributed by atoms with E-state index in [1.54, 1.807) is 24.1 Å². The molecule has 1 unspecified atom stereocenters. The lowest BCUT2D eigenvalue weighted by Gasteiger charge is -2.39. The number of nitrogens with zero attached hydrogens (tertiary/aromatic N) is 1. The lowest BCUT2D eigenvalue weighted by molar-refractivity contribution is -0.136. The number of fused-ring (bicyclic) bond motifs is 1. The van der Waals surface area contributed by atoms with Gasteiger partial charge in [-0.1, -0.05) is 110 Å². The molecule has 0 spiro atoms. The number of likely N-dealkylation sites (N-methyl/N-ethyl adjacent to an activating group) is 1. The average molecular weight is 548 g/mol. The third kappa shape index (κ3) is 6.83. The van der Waals surface area contributed by atoms with E-state index < -0.39 is 11.7 Å². The van der Waals surface area contributed by atoms with E-state index in [1.165, 1.54) is 0 Å². The Balaban J connectivity index is 1.41. The minimum Gasteiger partial charge on any atom is -0.338 e. The Morgan fingerprint density at radius 3 is 2.10 bits per heavy atom. The first kappa shape index (κ1) is 28.1. The maximum atomic E-state index is 14.1. The largest absolute Gasteiger partial charge is 0.338 e. The van der Waals surface area contributed by atoms with Crippen molar-refractivity contribution in [2.75, 3.05) is 7.05 Å². The number of rotatable bonds is 9. The SMILES string of the molecule is CN(C(=O)Cc1ccccc1)C(Cc1ccc2ccccc2c1)NC(=O)C1(NC(=O)c2ccccc2)CCCCC1. The van der Waals surface area contributed by atoms with Crippen LogP contribution in [-0.4, -0.2) is 41.4 Å². The highest BCUT2D eigenvalue weighted by atomic mass is 16.2. The van der Waals surface area contributed by atoms with Crippen molar-refractivity contribution in [1.29, 1.82) is 0 Å². The molecule has 4 aromatic carbocycles. The highest BCUT2D eigenvalue weighted by Gasteiger charge is 2.42. The summed E-state index contributed by atoms with van der Waals surface area (Å²) in [7, 11) is 1.74. The van der Waals surface area contributed by atoms with Crippen molar-refractivity contribution in [3.63, 3.8) is 0 Å². The Hall–Kier alpha value is -4.45. The van der Waals surface area contributed by atoms with Gasteiger partial charge in [0, 0.05) is 19.0 Å². The van der Waals surface area contributed by atoms with Crippen molar-refractivity contribution < 1.29 is 14.4 Å². The monoisotopic (exact) mass is 547 g/mol. The average Bonchev–Trinajstić information content (AvgIpc) is 3.01. The van der Waals surface area contributed by atoms with Crippen LogP contribution in [0.5, 0.6) is 0 Å². The van der Waals surface area contributed by atoms with Crippen molar-refractivity contribution in [3.05, 3.63) is 120 Å². The molecule has 3 amide bonds. The maximum absolute atomic E-state index is 14.1. The number of benzene rings is 4. The number of hydrogen-bond donors (Lipinski definition) is 2. The highest BCUT2D eigenvalue weighted by molar-refractivity contribution is 5.99. The summed E-state index contributed by atoms with van der Waals surface area (Å²) in [6, 6.07) is 33.0. The summed E-state index contributed by atoms with van der Waals surface area (Å²) in [5.41, 5.74) is 1.42. The third-order valence-electron chi connectivity index (χ3n) is 8.13. The normalized spacial score (nSPS) is 15.0. The summed E-state index contributed by atoms with van der Waals surface area (Å²) in [5, 5.41) is 8.53. The fourth-order valence-electron chi connectivity index (χ4n) is 5.68. The fourth-order valence-corrected chi connectivity index (χ4v) is 5.68. The van der Waals surface area contributed by atoms with Gasteiger partial charge in [-0.25, -0.2) is 0 Å². The molecule has 5 rings (SSSR count). The van der Waals surface area contributed by atoms with E-state index in [1.807, 2.05) is 66.7 Å². The van der Waals surface area contributed by atoms with Gasteiger partial charge in [0.1, 0.15) is 11.7 Å². The van der Waals surface area contributed by atoms with E-state index in [2.05, 4.69) is 34.9 Å². The van der Waals surface area contributed by atoms with Crippen molar-refractivity contribution >= 4 is 28.5 Å². The van der Waals surface area contributed by atoms with Crippen LogP contribution >= 0.6 is 0 Å². The molecule has 210 valence electrons. The number of carbonyl (C=O) groups excluding carboxylic acids is 3. The van der Waals surface area contributed by atoms with Gasteiger partial charge in [0.15, 0.2) is 0 Å². The summed E-state index contributed by atoms with van der Waals surface area (Å²) in [6.45, 7) is 0. The summed E-state index contributed by atoms with van der Waals surface area (Å²) in [6.07, 6.45) is 3.91. The predicted molar refractivity (Wildman–Crippen MR) is 162 cm³/mol. The second kappa shape index (κ2) is 12.8. The second-order valence-electron chi connectivity index (χ2n) is 11.0. The second-order valence-corrected chi connectivity index (χ2v) is 11.0. The minimum atomic E-state index is -1.03. The molecule has 1 aliphatic rings. The summed E-state index contributed by atoms with van der Waals surface area (Å²) in [5.74, 6) is -0.595. The first-order chi connectivity index (χ1) is 19.9. The van der Waals surface area contributed by atoms with Gasteiger partial charge in [0.2, 0.25) is 11.8 Å². The Bertz CT molecular complexity index is 1500.